The Hall–Kier alpha value is -0.870. The summed E-state index contributed by atoms with van der Waals surface area (Å²) in [6.45, 7) is 5.15. The fraction of sp³-hybridized carbons (Fsp3) is 0.571. The highest BCUT2D eigenvalue weighted by atomic mass is 35.5. The molecule has 0 bridgehead atoms. The molecule has 0 aliphatic heterocycles. The number of hydrogen-bond acceptors (Lipinski definition) is 6. The second-order valence-electron chi connectivity index (χ2n) is 5.75. The zero-order chi connectivity index (χ0) is 17.7. The summed E-state index contributed by atoms with van der Waals surface area (Å²) in [5.74, 6) is 0.402. The van der Waals surface area contributed by atoms with E-state index in [1.165, 1.54) is 24.3 Å². The van der Waals surface area contributed by atoms with Gasteiger partial charge in [-0.05, 0) is 38.1 Å². The Labute approximate surface area is 150 Å². The normalized spacial score (nSPS) is 12.5. The molecule has 0 saturated heterocycles. The molecule has 0 atom stereocenters. The van der Waals surface area contributed by atoms with Crippen LogP contribution in [-0.4, -0.2) is 47.0 Å². The topological polar surface area (TPSA) is 116 Å². The quantitative estimate of drug-likeness (QED) is 0.637. The van der Waals surface area contributed by atoms with Crippen molar-refractivity contribution in [2.24, 2.45) is 5.73 Å². The van der Waals surface area contributed by atoms with Gasteiger partial charge in [0.2, 0.25) is 10.0 Å². The van der Waals surface area contributed by atoms with Crippen molar-refractivity contribution in [3.8, 4) is 5.75 Å². The first-order valence-corrected chi connectivity index (χ1v) is 10.5. The monoisotopic (exact) mass is 400 g/mol. The minimum absolute atomic E-state index is 0. The van der Waals surface area contributed by atoms with Crippen molar-refractivity contribution in [1.29, 1.82) is 0 Å². The van der Waals surface area contributed by atoms with Gasteiger partial charge in [-0.25, -0.2) is 21.6 Å². The molecule has 24 heavy (non-hydrogen) atoms. The largest absolute Gasteiger partial charge is 0.493 e. The molecule has 0 spiro atoms. The molecule has 3 N–H and O–H groups in total. The third kappa shape index (κ3) is 7.35. The predicted molar refractivity (Wildman–Crippen MR) is 97.0 cm³/mol. The van der Waals surface area contributed by atoms with Crippen LogP contribution in [0.2, 0.25) is 0 Å². The molecule has 1 aromatic rings. The molecule has 10 heteroatoms. The van der Waals surface area contributed by atoms with Gasteiger partial charge in [-0.1, -0.05) is 6.92 Å². The zero-order valence-electron chi connectivity index (χ0n) is 14.0. The van der Waals surface area contributed by atoms with Crippen LogP contribution in [0, 0.1) is 0 Å². The minimum atomic E-state index is -3.68. The van der Waals surface area contributed by atoms with Crippen molar-refractivity contribution in [1.82, 2.24) is 4.72 Å². The van der Waals surface area contributed by atoms with Crippen LogP contribution in [0.1, 0.15) is 20.8 Å². The van der Waals surface area contributed by atoms with Gasteiger partial charge < -0.3 is 10.5 Å². The molecular formula is C14H25ClN2O5S2. The van der Waals surface area contributed by atoms with Gasteiger partial charge in [-0.2, -0.15) is 0 Å². The van der Waals surface area contributed by atoms with Gasteiger partial charge in [0.1, 0.15) is 12.4 Å². The van der Waals surface area contributed by atoms with E-state index in [4.69, 9.17) is 10.5 Å². The Bertz CT molecular complexity index is 716. The molecule has 0 aliphatic carbocycles. The molecule has 140 valence electrons. The van der Waals surface area contributed by atoms with E-state index in [2.05, 4.69) is 4.72 Å². The van der Waals surface area contributed by atoms with Gasteiger partial charge in [0.25, 0.3) is 0 Å². The van der Waals surface area contributed by atoms with Gasteiger partial charge in [0, 0.05) is 17.8 Å². The van der Waals surface area contributed by atoms with Gasteiger partial charge in [-0.15, -0.1) is 12.4 Å². The number of nitrogens with one attached hydrogen (secondary N) is 1. The highest BCUT2D eigenvalue weighted by Crippen LogP contribution is 2.17. The van der Waals surface area contributed by atoms with Crippen LogP contribution in [0.4, 0.5) is 0 Å². The molecule has 0 saturated carbocycles. The van der Waals surface area contributed by atoms with E-state index in [0.29, 0.717) is 5.75 Å². The molecule has 0 radical (unpaired) electrons. The number of nitrogens with two attached hydrogens (primary N) is 1. The predicted octanol–water partition coefficient (Wildman–Crippen LogP) is 0.938. The molecule has 0 aromatic heterocycles. The van der Waals surface area contributed by atoms with E-state index in [9.17, 15) is 16.8 Å². The summed E-state index contributed by atoms with van der Waals surface area (Å²) >= 11 is 0. The van der Waals surface area contributed by atoms with Crippen LogP contribution in [0.15, 0.2) is 29.2 Å². The molecule has 1 rings (SSSR count). The van der Waals surface area contributed by atoms with Crippen LogP contribution >= 0.6 is 12.4 Å². The van der Waals surface area contributed by atoms with Crippen LogP contribution in [-0.2, 0) is 19.9 Å². The Kier molecular flexibility index (Phi) is 8.68. The lowest BCUT2D eigenvalue weighted by atomic mass is 10.1. The van der Waals surface area contributed by atoms with Crippen molar-refractivity contribution in [2.45, 2.75) is 31.2 Å². The summed E-state index contributed by atoms with van der Waals surface area (Å²) in [5, 5.41) is 0. The second kappa shape index (κ2) is 9.00. The summed E-state index contributed by atoms with van der Waals surface area (Å²) in [7, 11) is -6.76. The van der Waals surface area contributed by atoms with Gasteiger partial charge in [-0.3, -0.25) is 0 Å². The lowest BCUT2D eigenvalue weighted by Crippen LogP contribution is -2.48. The maximum atomic E-state index is 12.2. The van der Waals surface area contributed by atoms with Crippen molar-refractivity contribution in [3.63, 3.8) is 0 Å². The van der Waals surface area contributed by atoms with Crippen molar-refractivity contribution >= 4 is 32.3 Å². The summed E-state index contributed by atoms with van der Waals surface area (Å²) in [6, 6.07) is 5.78. The Morgan fingerprint density at radius 2 is 1.67 bits per heavy atom. The first-order chi connectivity index (χ1) is 10.5. The third-order valence-corrected chi connectivity index (χ3v) is 6.54. The first-order valence-electron chi connectivity index (χ1n) is 7.19. The number of sulfonamides is 1. The number of ether oxygens (including phenoxy) is 1. The van der Waals surface area contributed by atoms with E-state index >= 15 is 0 Å². The molecule has 0 unspecified atom stereocenters. The van der Waals surface area contributed by atoms with E-state index in [1.807, 2.05) is 0 Å². The van der Waals surface area contributed by atoms with Crippen molar-refractivity contribution in [2.75, 3.05) is 24.7 Å². The molecular weight excluding hydrogens is 376 g/mol. The van der Waals surface area contributed by atoms with E-state index < -0.39 is 25.4 Å². The second-order valence-corrected chi connectivity index (χ2v) is 9.90. The Balaban J connectivity index is 0.00000529. The van der Waals surface area contributed by atoms with Gasteiger partial charge >= 0.3 is 0 Å². The lowest BCUT2D eigenvalue weighted by molar-refractivity contribution is 0.340. The summed E-state index contributed by atoms with van der Waals surface area (Å²) in [5.41, 5.74) is 4.77. The average molecular weight is 401 g/mol. The van der Waals surface area contributed by atoms with Crippen molar-refractivity contribution in [3.05, 3.63) is 24.3 Å². The van der Waals surface area contributed by atoms with Crippen molar-refractivity contribution < 1.29 is 21.6 Å². The number of hydrogen-bond donors (Lipinski definition) is 2. The van der Waals surface area contributed by atoms with Crippen LogP contribution in [0.3, 0.4) is 0 Å². The number of sulfone groups is 1. The Morgan fingerprint density at radius 1 is 1.12 bits per heavy atom. The lowest BCUT2D eigenvalue weighted by Gasteiger charge is -2.23. The smallest absolute Gasteiger partial charge is 0.241 e. The van der Waals surface area contributed by atoms with Crippen LogP contribution in [0.5, 0.6) is 5.75 Å². The third-order valence-electron chi connectivity index (χ3n) is 3.16. The molecule has 0 fully saturated rings. The van der Waals surface area contributed by atoms with Crippen LogP contribution < -0.4 is 15.2 Å². The maximum Gasteiger partial charge on any atom is 0.241 e. The molecule has 7 nitrogen and oxygen atoms in total. The fourth-order valence-electron chi connectivity index (χ4n) is 1.61. The van der Waals surface area contributed by atoms with Gasteiger partial charge in [0.05, 0.1) is 10.6 Å². The maximum absolute atomic E-state index is 12.2. The molecule has 0 amide bonds. The van der Waals surface area contributed by atoms with Crippen LogP contribution in [0.25, 0.3) is 0 Å². The molecule has 0 heterocycles. The number of benzene rings is 1. The minimum Gasteiger partial charge on any atom is -0.493 e. The average Bonchev–Trinajstić information content (AvgIpc) is 2.46. The highest BCUT2D eigenvalue weighted by molar-refractivity contribution is 7.91. The Morgan fingerprint density at radius 3 is 2.12 bits per heavy atom. The van der Waals surface area contributed by atoms with E-state index in [1.54, 1.807) is 20.8 Å². The summed E-state index contributed by atoms with van der Waals surface area (Å²) < 4.78 is 55.0. The number of halogens is 1. The highest BCUT2D eigenvalue weighted by Gasteiger charge is 2.24. The molecule has 1 aromatic carbocycles. The van der Waals surface area contributed by atoms with Gasteiger partial charge in [0.15, 0.2) is 9.84 Å². The zero-order valence-corrected chi connectivity index (χ0v) is 16.4. The van der Waals surface area contributed by atoms with E-state index in [0.717, 1.165) is 0 Å². The fourth-order valence-corrected chi connectivity index (χ4v) is 3.66. The molecule has 0 aliphatic rings. The summed E-state index contributed by atoms with van der Waals surface area (Å²) in [6.07, 6.45) is 0. The SMILES string of the molecule is CCS(=O)(=O)CCOc1ccc(S(=O)(=O)NC(C)(C)CN)cc1.Cl. The first kappa shape index (κ1) is 23.1. The van der Waals surface area contributed by atoms with E-state index in [-0.39, 0.29) is 42.0 Å². The summed E-state index contributed by atoms with van der Waals surface area (Å²) in [4.78, 5) is 0.0903. The standard InChI is InChI=1S/C14H24N2O5S2.ClH/c1-4-22(17,18)10-9-21-12-5-7-13(8-6-12)23(19,20)16-14(2,3)11-15;/h5-8,16H,4,9-11,15H2,1-3H3;1H. The number of rotatable bonds is 9.